The number of aromatic nitrogens is 2. The fraction of sp³-hybridized carbons (Fsp3) is 0.556. The lowest BCUT2D eigenvalue weighted by Crippen LogP contribution is -2.26. The highest BCUT2D eigenvalue weighted by atomic mass is 16.4. The van der Waals surface area contributed by atoms with Crippen LogP contribution in [0.2, 0.25) is 0 Å². The Hall–Kier alpha value is -1.32. The summed E-state index contributed by atoms with van der Waals surface area (Å²) in [6, 6.07) is 1.70. The summed E-state index contributed by atoms with van der Waals surface area (Å²) in [7, 11) is 0. The maximum atomic E-state index is 11.0. The van der Waals surface area contributed by atoms with Crippen molar-refractivity contribution in [2.75, 3.05) is 0 Å². The first-order chi connectivity index (χ1) is 5.93. The summed E-state index contributed by atoms with van der Waals surface area (Å²) in [6.07, 6.45) is 1.57. The molecule has 0 aliphatic carbocycles. The minimum atomic E-state index is -0.822. The molecular formula is C9H14N2O2. The summed E-state index contributed by atoms with van der Waals surface area (Å²) in [5, 5.41) is 15.5. The molecule has 4 heteroatoms. The van der Waals surface area contributed by atoms with E-state index in [0.29, 0.717) is 5.69 Å². The van der Waals surface area contributed by atoms with E-state index in [1.54, 1.807) is 12.3 Å². The predicted molar refractivity (Wildman–Crippen MR) is 48.4 cm³/mol. The molecule has 0 spiro atoms. The van der Waals surface area contributed by atoms with Crippen LogP contribution in [0, 0.1) is 5.41 Å². The van der Waals surface area contributed by atoms with Gasteiger partial charge in [0.05, 0.1) is 0 Å². The first-order valence-electron chi connectivity index (χ1n) is 4.15. The van der Waals surface area contributed by atoms with Crippen molar-refractivity contribution in [2.45, 2.75) is 26.7 Å². The Bertz CT molecular complexity index is 285. The van der Waals surface area contributed by atoms with Gasteiger partial charge in [-0.05, 0) is 11.5 Å². The zero-order chi connectivity index (χ0) is 10.1. The molecule has 0 amide bonds. The van der Waals surface area contributed by atoms with Gasteiger partial charge in [-0.15, -0.1) is 0 Å². The van der Waals surface area contributed by atoms with Gasteiger partial charge in [0.15, 0.2) is 0 Å². The second kappa shape index (κ2) is 3.20. The SMILES string of the molecule is CC(C)(C)C(C(=O)O)c1ccn[nH]1. The van der Waals surface area contributed by atoms with Crippen molar-refractivity contribution in [3.05, 3.63) is 18.0 Å². The molecule has 0 aliphatic rings. The van der Waals surface area contributed by atoms with E-state index in [-0.39, 0.29) is 5.41 Å². The van der Waals surface area contributed by atoms with E-state index in [4.69, 9.17) is 5.11 Å². The third kappa shape index (κ3) is 2.08. The van der Waals surface area contributed by atoms with Crippen molar-refractivity contribution in [1.29, 1.82) is 0 Å². The summed E-state index contributed by atoms with van der Waals surface area (Å²) in [4.78, 5) is 11.0. The van der Waals surface area contributed by atoms with Gasteiger partial charge in [-0.2, -0.15) is 5.10 Å². The molecule has 0 radical (unpaired) electrons. The van der Waals surface area contributed by atoms with Crippen LogP contribution in [0.15, 0.2) is 12.3 Å². The lowest BCUT2D eigenvalue weighted by Gasteiger charge is -2.25. The molecule has 0 saturated heterocycles. The zero-order valence-corrected chi connectivity index (χ0v) is 8.03. The van der Waals surface area contributed by atoms with Crippen molar-refractivity contribution in [1.82, 2.24) is 10.2 Å². The Morgan fingerprint density at radius 1 is 1.62 bits per heavy atom. The number of carboxylic acid groups (broad SMARTS) is 1. The van der Waals surface area contributed by atoms with Crippen LogP contribution in [0.5, 0.6) is 0 Å². The highest BCUT2D eigenvalue weighted by Gasteiger charge is 2.33. The number of H-pyrrole nitrogens is 1. The Kier molecular flexibility index (Phi) is 2.40. The quantitative estimate of drug-likeness (QED) is 0.730. The summed E-state index contributed by atoms with van der Waals surface area (Å²) in [5.74, 6) is -1.35. The molecule has 0 aliphatic heterocycles. The van der Waals surface area contributed by atoms with Crippen LogP contribution in [0.1, 0.15) is 32.4 Å². The summed E-state index contributed by atoms with van der Waals surface area (Å²) >= 11 is 0. The molecule has 0 fully saturated rings. The predicted octanol–water partition coefficient (Wildman–Crippen LogP) is 1.62. The van der Waals surface area contributed by atoms with E-state index in [9.17, 15) is 4.79 Å². The van der Waals surface area contributed by atoms with Gasteiger partial charge in [-0.3, -0.25) is 9.89 Å². The average molecular weight is 182 g/mol. The van der Waals surface area contributed by atoms with Crippen molar-refractivity contribution in [2.24, 2.45) is 5.41 Å². The molecule has 1 rings (SSSR count). The van der Waals surface area contributed by atoms with Crippen LogP contribution < -0.4 is 0 Å². The summed E-state index contributed by atoms with van der Waals surface area (Å²) in [5.41, 5.74) is 0.346. The molecule has 0 saturated carbocycles. The Morgan fingerprint density at radius 2 is 2.23 bits per heavy atom. The van der Waals surface area contributed by atoms with Crippen LogP contribution in [-0.4, -0.2) is 21.3 Å². The molecule has 0 aromatic carbocycles. The smallest absolute Gasteiger partial charge is 0.313 e. The monoisotopic (exact) mass is 182 g/mol. The van der Waals surface area contributed by atoms with Gasteiger partial charge in [-0.1, -0.05) is 20.8 Å². The maximum Gasteiger partial charge on any atom is 0.313 e. The minimum Gasteiger partial charge on any atom is -0.481 e. The number of hydrogen-bond donors (Lipinski definition) is 2. The molecule has 1 atom stereocenters. The van der Waals surface area contributed by atoms with Crippen molar-refractivity contribution < 1.29 is 9.90 Å². The molecule has 1 aromatic rings. The van der Waals surface area contributed by atoms with Crippen LogP contribution in [0.4, 0.5) is 0 Å². The van der Waals surface area contributed by atoms with Gasteiger partial charge in [0.1, 0.15) is 5.92 Å². The lowest BCUT2D eigenvalue weighted by atomic mass is 9.79. The lowest BCUT2D eigenvalue weighted by molar-refractivity contribution is -0.141. The second-order valence-electron chi connectivity index (χ2n) is 4.15. The van der Waals surface area contributed by atoms with E-state index in [1.807, 2.05) is 20.8 Å². The van der Waals surface area contributed by atoms with E-state index in [1.165, 1.54) is 0 Å². The molecule has 72 valence electrons. The number of aromatic amines is 1. The standard InChI is InChI=1S/C9H14N2O2/c1-9(2,3)7(8(12)13)6-4-5-10-11-6/h4-5,7H,1-3H3,(H,10,11)(H,12,13). The maximum absolute atomic E-state index is 11.0. The van der Waals surface area contributed by atoms with Gasteiger partial charge >= 0.3 is 5.97 Å². The number of nitrogens with zero attached hydrogens (tertiary/aromatic N) is 1. The first kappa shape index (κ1) is 9.77. The molecule has 1 unspecified atom stereocenters. The van der Waals surface area contributed by atoms with Gasteiger partial charge in [0, 0.05) is 11.9 Å². The molecule has 0 bridgehead atoms. The third-order valence-electron chi connectivity index (χ3n) is 1.95. The van der Waals surface area contributed by atoms with Crippen LogP contribution >= 0.6 is 0 Å². The first-order valence-corrected chi connectivity index (χ1v) is 4.15. The van der Waals surface area contributed by atoms with Crippen molar-refractivity contribution >= 4 is 5.97 Å². The fourth-order valence-electron chi connectivity index (χ4n) is 1.40. The van der Waals surface area contributed by atoms with Gasteiger partial charge in [-0.25, -0.2) is 0 Å². The van der Waals surface area contributed by atoms with Gasteiger partial charge in [0.25, 0.3) is 0 Å². The fourth-order valence-corrected chi connectivity index (χ4v) is 1.40. The molecule has 1 aromatic heterocycles. The molecular weight excluding hydrogens is 168 g/mol. The van der Waals surface area contributed by atoms with Crippen molar-refractivity contribution in [3.8, 4) is 0 Å². The van der Waals surface area contributed by atoms with E-state index >= 15 is 0 Å². The Labute approximate surface area is 77.0 Å². The molecule has 2 N–H and O–H groups in total. The molecule has 4 nitrogen and oxygen atoms in total. The largest absolute Gasteiger partial charge is 0.481 e. The van der Waals surface area contributed by atoms with Crippen molar-refractivity contribution in [3.63, 3.8) is 0 Å². The number of aliphatic carboxylic acids is 1. The van der Waals surface area contributed by atoms with Crippen LogP contribution in [0.25, 0.3) is 0 Å². The van der Waals surface area contributed by atoms with E-state index < -0.39 is 11.9 Å². The highest BCUT2D eigenvalue weighted by molar-refractivity contribution is 5.76. The average Bonchev–Trinajstić information content (AvgIpc) is 2.34. The van der Waals surface area contributed by atoms with Crippen LogP contribution in [-0.2, 0) is 4.79 Å². The van der Waals surface area contributed by atoms with Gasteiger partial charge in [0.2, 0.25) is 0 Å². The second-order valence-corrected chi connectivity index (χ2v) is 4.15. The number of rotatable bonds is 2. The molecule has 1 heterocycles. The zero-order valence-electron chi connectivity index (χ0n) is 8.03. The van der Waals surface area contributed by atoms with Gasteiger partial charge < -0.3 is 5.11 Å². The highest BCUT2D eigenvalue weighted by Crippen LogP contribution is 2.33. The van der Waals surface area contributed by atoms with E-state index in [2.05, 4.69) is 10.2 Å². The normalized spacial score (nSPS) is 14.1. The summed E-state index contributed by atoms with van der Waals surface area (Å²) in [6.45, 7) is 5.69. The number of carboxylic acids is 1. The number of hydrogen-bond acceptors (Lipinski definition) is 2. The Balaban J connectivity index is 3.01. The number of nitrogens with one attached hydrogen (secondary N) is 1. The van der Waals surface area contributed by atoms with E-state index in [0.717, 1.165) is 0 Å². The number of carbonyl (C=O) groups is 1. The van der Waals surface area contributed by atoms with Crippen LogP contribution in [0.3, 0.4) is 0 Å². The topological polar surface area (TPSA) is 66.0 Å². The Morgan fingerprint density at radius 3 is 2.54 bits per heavy atom. The summed E-state index contributed by atoms with van der Waals surface area (Å²) < 4.78 is 0. The minimum absolute atomic E-state index is 0.307. The molecule has 13 heavy (non-hydrogen) atoms. The third-order valence-corrected chi connectivity index (χ3v) is 1.95.